The van der Waals surface area contributed by atoms with Gasteiger partial charge >= 0.3 is 0 Å². The fraction of sp³-hybridized carbons (Fsp3) is 0.0667. The lowest BCUT2D eigenvalue weighted by Gasteiger charge is -2.08. The molecule has 0 aliphatic heterocycles. The Kier molecular flexibility index (Phi) is 4.43. The number of anilines is 2. The van der Waals surface area contributed by atoms with E-state index in [9.17, 15) is 0 Å². The largest absolute Gasteiger partial charge is 0.315 e. The molecule has 3 nitrogen and oxygen atoms in total. The Balaban J connectivity index is 1.83. The van der Waals surface area contributed by atoms with Gasteiger partial charge in [0, 0.05) is 21.5 Å². The Morgan fingerprint density at radius 1 is 1.19 bits per heavy atom. The molecule has 0 radical (unpaired) electrons. The van der Waals surface area contributed by atoms with E-state index in [2.05, 4.69) is 15.3 Å². The number of pyridine rings is 1. The first-order valence-electron chi connectivity index (χ1n) is 6.28. The number of benzene rings is 1. The van der Waals surface area contributed by atoms with Gasteiger partial charge in [-0.3, -0.25) is 0 Å². The van der Waals surface area contributed by atoms with Crippen molar-refractivity contribution < 1.29 is 0 Å². The zero-order valence-corrected chi connectivity index (χ0v) is 13.6. The molecule has 1 aromatic carbocycles. The summed E-state index contributed by atoms with van der Waals surface area (Å²) in [6.07, 6.45) is 1.77. The number of hydrogen-bond donors (Lipinski definition) is 1. The van der Waals surface area contributed by atoms with Crippen LogP contribution in [0, 0.1) is 6.92 Å². The zero-order valence-electron chi connectivity index (χ0n) is 11.2. The minimum atomic E-state index is 0.738. The molecule has 0 amide bonds. The van der Waals surface area contributed by atoms with Crippen LogP contribution in [0.1, 0.15) is 5.69 Å². The third kappa shape index (κ3) is 3.75. The fourth-order valence-corrected chi connectivity index (χ4v) is 3.40. The summed E-state index contributed by atoms with van der Waals surface area (Å²) in [4.78, 5) is 11.0. The molecule has 1 N–H and O–H groups in total. The van der Waals surface area contributed by atoms with Crippen LogP contribution in [0.3, 0.4) is 0 Å². The summed E-state index contributed by atoms with van der Waals surface area (Å²) in [6, 6.07) is 11.7. The minimum Gasteiger partial charge on any atom is -0.315 e. The van der Waals surface area contributed by atoms with Crippen molar-refractivity contribution in [3.05, 3.63) is 58.7 Å². The number of aromatic nitrogens is 2. The van der Waals surface area contributed by atoms with Gasteiger partial charge in [-0.2, -0.15) is 0 Å². The Morgan fingerprint density at radius 2 is 2.00 bits per heavy atom. The molecular weight excluding hydrogens is 322 g/mol. The molecule has 3 aromatic rings. The highest BCUT2D eigenvalue weighted by molar-refractivity contribution is 7.99. The SMILES string of the molecule is Cc1csc(Nc2ncccc2Sc2ccc(Cl)cc2)n1. The topological polar surface area (TPSA) is 37.8 Å². The van der Waals surface area contributed by atoms with Crippen molar-refractivity contribution in [1.82, 2.24) is 9.97 Å². The van der Waals surface area contributed by atoms with E-state index in [0.717, 1.165) is 31.5 Å². The van der Waals surface area contributed by atoms with Gasteiger partial charge in [0.1, 0.15) is 5.82 Å². The highest BCUT2D eigenvalue weighted by Gasteiger charge is 2.07. The molecule has 0 saturated carbocycles. The van der Waals surface area contributed by atoms with Gasteiger partial charge in [0.05, 0.1) is 10.6 Å². The Hall–Kier alpha value is -1.56. The number of hydrogen-bond acceptors (Lipinski definition) is 5. The van der Waals surface area contributed by atoms with Crippen molar-refractivity contribution >= 4 is 45.6 Å². The second-order valence-corrected chi connectivity index (χ2v) is 6.74. The highest BCUT2D eigenvalue weighted by Crippen LogP contribution is 2.34. The molecule has 0 atom stereocenters. The maximum Gasteiger partial charge on any atom is 0.188 e. The molecule has 0 spiro atoms. The molecule has 21 heavy (non-hydrogen) atoms. The van der Waals surface area contributed by atoms with Gasteiger partial charge in [-0.05, 0) is 43.3 Å². The van der Waals surface area contributed by atoms with Crippen LogP contribution >= 0.6 is 34.7 Å². The van der Waals surface area contributed by atoms with E-state index in [1.807, 2.05) is 48.7 Å². The van der Waals surface area contributed by atoms with Gasteiger partial charge in [0.2, 0.25) is 0 Å². The normalized spacial score (nSPS) is 10.6. The number of aryl methyl sites for hydroxylation is 1. The average Bonchev–Trinajstić information content (AvgIpc) is 2.89. The third-order valence-corrected chi connectivity index (χ3v) is 4.84. The molecule has 3 rings (SSSR count). The van der Waals surface area contributed by atoms with Crippen LogP contribution in [0.15, 0.2) is 57.8 Å². The molecule has 0 unspecified atom stereocenters. The predicted molar refractivity (Wildman–Crippen MR) is 89.9 cm³/mol. The second kappa shape index (κ2) is 6.47. The maximum absolute atomic E-state index is 5.91. The predicted octanol–water partition coefficient (Wildman–Crippen LogP) is 5.39. The van der Waals surface area contributed by atoms with Gasteiger partial charge in [0.25, 0.3) is 0 Å². The number of rotatable bonds is 4. The van der Waals surface area contributed by atoms with E-state index in [4.69, 9.17) is 11.6 Å². The molecular formula is C15H12ClN3S2. The van der Waals surface area contributed by atoms with E-state index in [0.29, 0.717) is 0 Å². The highest BCUT2D eigenvalue weighted by atomic mass is 35.5. The molecule has 0 bridgehead atoms. The van der Waals surface area contributed by atoms with Crippen molar-refractivity contribution in [3.63, 3.8) is 0 Å². The van der Waals surface area contributed by atoms with Gasteiger partial charge in [-0.25, -0.2) is 9.97 Å². The van der Waals surface area contributed by atoms with Crippen molar-refractivity contribution in [2.75, 3.05) is 5.32 Å². The van der Waals surface area contributed by atoms with Crippen molar-refractivity contribution in [2.24, 2.45) is 0 Å². The van der Waals surface area contributed by atoms with Crippen LogP contribution in [-0.4, -0.2) is 9.97 Å². The van der Waals surface area contributed by atoms with Crippen LogP contribution in [0.5, 0.6) is 0 Å². The summed E-state index contributed by atoms with van der Waals surface area (Å²) in [5.41, 5.74) is 1.00. The molecule has 106 valence electrons. The summed E-state index contributed by atoms with van der Waals surface area (Å²) in [5, 5.41) is 6.87. The maximum atomic E-state index is 5.91. The fourth-order valence-electron chi connectivity index (χ4n) is 1.71. The molecule has 6 heteroatoms. The van der Waals surface area contributed by atoms with Gasteiger partial charge < -0.3 is 5.32 Å². The van der Waals surface area contributed by atoms with E-state index in [-0.39, 0.29) is 0 Å². The Morgan fingerprint density at radius 3 is 2.71 bits per heavy atom. The molecule has 0 aliphatic carbocycles. The molecule has 2 heterocycles. The van der Waals surface area contributed by atoms with E-state index in [1.165, 1.54) is 0 Å². The Labute approximate surface area is 136 Å². The lowest BCUT2D eigenvalue weighted by molar-refractivity contribution is 1.20. The summed E-state index contributed by atoms with van der Waals surface area (Å²) in [6.45, 7) is 1.98. The summed E-state index contributed by atoms with van der Waals surface area (Å²) in [7, 11) is 0. The van der Waals surface area contributed by atoms with E-state index >= 15 is 0 Å². The van der Waals surface area contributed by atoms with Crippen molar-refractivity contribution in [2.45, 2.75) is 16.7 Å². The lowest BCUT2D eigenvalue weighted by atomic mass is 10.4. The van der Waals surface area contributed by atoms with Crippen LogP contribution < -0.4 is 5.32 Å². The summed E-state index contributed by atoms with van der Waals surface area (Å²) >= 11 is 9.13. The number of nitrogens with one attached hydrogen (secondary N) is 1. The van der Waals surface area contributed by atoms with E-state index in [1.54, 1.807) is 29.3 Å². The van der Waals surface area contributed by atoms with Gasteiger partial charge in [-0.1, -0.05) is 23.4 Å². The lowest BCUT2D eigenvalue weighted by Crippen LogP contribution is -1.94. The number of thiazole rings is 1. The van der Waals surface area contributed by atoms with Gasteiger partial charge in [0.15, 0.2) is 5.13 Å². The third-order valence-electron chi connectivity index (χ3n) is 2.66. The monoisotopic (exact) mass is 333 g/mol. The van der Waals surface area contributed by atoms with E-state index < -0.39 is 0 Å². The molecule has 0 saturated heterocycles. The molecule has 2 aromatic heterocycles. The first-order chi connectivity index (χ1) is 10.2. The average molecular weight is 334 g/mol. The van der Waals surface area contributed by atoms with Crippen LogP contribution in [0.4, 0.5) is 10.9 Å². The minimum absolute atomic E-state index is 0.738. The second-order valence-electron chi connectivity index (χ2n) is 4.33. The smallest absolute Gasteiger partial charge is 0.188 e. The molecule has 0 fully saturated rings. The first kappa shape index (κ1) is 14.4. The summed E-state index contributed by atoms with van der Waals surface area (Å²) < 4.78 is 0. The van der Waals surface area contributed by atoms with Crippen molar-refractivity contribution in [1.29, 1.82) is 0 Å². The Bertz CT molecular complexity index is 741. The number of nitrogens with zero attached hydrogens (tertiary/aromatic N) is 2. The first-order valence-corrected chi connectivity index (χ1v) is 8.36. The standard InChI is InChI=1S/C15H12ClN3S2/c1-10-9-20-15(18-10)19-14-13(3-2-8-17-14)21-12-6-4-11(16)5-7-12/h2-9H,1H3,(H,17,18,19). The summed E-state index contributed by atoms with van der Waals surface area (Å²) in [5.74, 6) is 0.812. The van der Waals surface area contributed by atoms with Crippen LogP contribution in [0.2, 0.25) is 5.02 Å². The van der Waals surface area contributed by atoms with Crippen LogP contribution in [-0.2, 0) is 0 Å². The van der Waals surface area contributed by atoms with Crippen LogP contribution in [0.25, 0.3) is 0 Å². The van der Waals surface area contributed by atoms with Gasteiger partial charge in [-0.15, -0.1) is 11.3 Å². The number of halogens is 1. The molecule has 0 aliphatic rings. The van der Waals surface area contributed by atoms with Crippen molar-refractivity contribution in [3.8, 4) is 0 Å². The quantitative estimate of drug-likeness (QED) is 0.694. The zero-order chi connectivity index (χ0) is 14.7.